The molecule has 0 aliphatic carbocycles. The summed E-state index contributed by atoms with van der Waals surface area (Å²) in [4.78, 5) is 29.4. The minimum Gasteiger partial charge on any atom is -0.382 e. The second-order valence-electron chi connectivity index (χ2n) is 6.44. The molecule has 6 heteroatoms. The highest BCUT2D eigenvalue weighted by Gasteiger charge is 2.40. The number of likely N-dealkylation sites (N-methyl/N-ethyl adjacent to an activating group) is 1. The van der Waals surface area contributed by atoms with Crippen molar-refractivity contribution in [3.8, 4) is 0 Å². The number of anilines is 1. The predicted octanol–water partition coefficient (Wildman–Crippen LogP) is 3.98. The van der Waals surface area contributed by atoms with Crippen molar-refractivity contribution >= 4 is 34.7 Å². The number of rotatable bonds is 8. The number of carbonyl (C=O) groups excluding carboxylic acids is 2. The molecule has 0 saturated heterocycles. The van der Waals surface area contributed by atoms with Crippen LogP contribution in [0.15, 0.2) is 60.3 Å². The molecule has 5 nitrogen and oxygen atoms in total. The summed E-state index contributed by atoms with van der Waals surface area (Å²) >= 11 is 6.00. The van der Waals surface area contributed by atoms with Gasteiger partial charge >= 0.3 is 0 Å². The van der Waals surface area contributed by atoms with Gasteiger partial charge in [0.15, 0.2) is 0 Å². The molecule has 0 spiro atoms. The van der Waals surface area contributed by atoms with Crippen molar-refractivity contribution in [3.05, 3.63) is 70.9 Å². The Balaban J connectivity index is 1.99. The van der Waals surface area contributed by atoms with Crippen molar-refractivity contribution in [2.45, 2.75) is 13.3 Å². The summed E-state index contributed by atoms with van der Waals surface area (Å²) in [6.45, 7) is 3.35. The van der Waals surface area contributed by atoms with Crippen LogP contribution in [0, 0.1) is 0 Å². The van der Waals surface area contributed by atoms with Crippen LogP contribution < -0.4 is 4.90 Å². The van der Waals surface area contributed by atoms with Gasteiger partial charge in [-0.05, 0) is 43.2 Å². The van der Waals surface area contributed by atoms with Crippen molar-refractivity contribution in [3.63, 3.8) is 0 Å². The largest absolute Gasteiger partial charge is 0.382 e. The number of benzene rings is 2. The van der Waals surface area contributed by atoms with Gasteiger partial charge in [0.2, 0.25) is 0 Å². The average molecular weight is 399 g/mol. The smallest absolute Gasteiger partial charge is 0.278 e. The second-order valence-corrected chi connectivity index (χ2v) is 6.87. The zero-order valence-electron chi connectivity index (χ0n) is 16.0. The van der Waals surface area contributed by atoms with Crippen LogP contribution in [0.3, 0.4) is 0 Å². The van der Waals surface area contributed by atoms with E-state index < -0.39 is 0 Å². The Labute approximate surface area is 170 Å². The van der Waals surface area contributed by atoms with E-state index in [0.29, 0.717) is 48.0 Å². The van der Waals surface area contributed by atoms with Gasteiger partial charge in [-0.15, -0.1) is 0 Å². The number of ether oxygens (including phenoxy) is 1. The Bertz CT molecular complexity index is 878. The van der Waals surface area contributed by atoms with Gasteiger partial charge in [-0.2, -0.15) is 0 Å². The molecule has 2 aromatic rings. The van der Waals surface area contributed by atoms with E-state index in [-0.39, 0.29) is 11.8 Å². The highest BCUT2D eigenvalue weighted by Crippen LogP contribution is 2.33. The summed E-state index contributed by atoms with van der Waals surface area (Å²) in [7, 11) is 1.80. The monoisotopic (exact) mass is 398 g/mol. The van der Waals surface area contributed by atoms with Gasteiger partial charge in [0.25, 0.3) is 11.8 Å². The molecule has 0 bridgehead atoms. The quantitative estimate of drug-likeness (QED) is 0.498. The van der Waals surface area contributed by atoms with Crippen LogP contribution in [0.4, 0.5) is 5.69 Å². The molecular weight excluding hydrogens is 376 g/mol. The Morgan fingerprint density at radius 2 is 1.68 bits per heavy atom. The second kappa shape index (κ2) is 9.04. The first kappa shape index (κ1) is 20.1. The van der Waals surface area contributed by atoms with Gasteiger partial charge in [-0.1, -0.05) is 41.9 Å². The first-order chi connectivity index (χ1) is 13.5. The maximum absolute atomic E-state index is 13.2. The molecule has 3 rings (SSSR count). The highest BCUT2D eigenvalue weighted by atomic mass is 35.5. The van der Waals surface area contributed by atoms with E-state index in [2.05, 4.69) is 0 Å². The molecule has 0 radical (unpaired) electrons. The number of nitrogens with zero attached hydrogens (tertiary/aromatic N) is 2. The summed E-state index contributed by atoms with van der Waals surface area (Å²) in [6.07, 6.45) is 0.599. The fraction of sp³-hybridized carbons (Fsp3) is 0.273. The van der Waals surface area contributed by atoms with Crippen LogP contribution in [0.1, 0.15) is 18.9 Å². The first-order valence-electron chi connectivity index (χ1n) is 9.27. The molecular formula is C22H23ClN2O3. The van der Waals surface area contributed by atoms with E-state index in [4.69, 9.17) is 16.3 Å². The number of carbonyl (C=O) groups is 2. The highest BCUT2D eigenvalue weighted by molar-refractivity contribution is 6.37. The maximum Gasteiger partial charge on any atom is 0.278 e. The molecule has 0 saturated carbocycles. The molecule has 0 fully saturated rings. The number of imide groups is 1. The Morgan fingerprint density at radius 1 is 1.00 bits per heavy atom. The van der Waals surface area contributed by atoms with Gasteiger partial charge in [0.05, 0.1) is 5.57 Å². The first-order valence-corrected chi connectivity index (χ1v) is 9.65. The standard InChI is InChI=1S/C22H23ClN2O3/c1-3-28-15-7-14-25-21(26)19(16-10-12-17(23)13-11-16)20(22(25)27)24(2)18-8-5-4-6-9-18/h4-6,8-13H,3,7,14-15H2,1-2H3. The lowest BCUT2D eigenvalue weighted by molar-refractivity contribution is -0.137. The average Bonchev–Trinajstić information content (AvgIpc) is 2.96. The lowest BCUT2D eigenvalue weighted by Crippen LogP contribution is -2.35. The molecule has 0 atom stereocenters. The Morgan fingerprint density at radius 3 is 2.32 bits per heavy atom. The molecule has 1 aliphatic heterocycles. The van der Waals surface area contributed by atoms with Crippen molar-refractivity contribution in [2.24, 2.45) is 0 Å². The van der Waals surface area contributed by atoms with Gasteiger partial charge < -0.3 is 9.64 Å². The molecule has 0 N–H and O–H groups in total. The van der Waals surface area contributed by atoms with E-state index >= 15 is 0 Å². The molecule has 1 heterocycles. The summed E-state index contributed by atoms with van der Waals surface area (Å²) in [5, 5.41) is 0.577. The number of hydrogen-bond donors (Lipinski definition) is 0. The third-order valence-electron chi connectivity index (χ3n) is 4.63. The molecule has 2 amide bonds. The fourth-order valence-corrected chi connectivity index (χ4v) is 3.33. The van der Waals surface area contributed by atoms with Crippen LogP contribution in [-0.2, 0) is 14.3 Å². The topological polar surface area (TPSA) is 49.9 Å². The summed E-state index contributed by atoms with van der Waals surface area (Å²) < 4.78 is 5.34. The molecule has 1 aliphatic rings. The summed E-state index contributed by atoms with van der Waals surface area (Å²) in [6, 6.07) is 16.5. The van der Waals surface area contributed by atoms with E-state index in [1.807, 2.05) is 37.3 Å². The lowest BCUT2D eigenvalue weighted by Gasteiger charge is -2.21. The van der Waals surface area contributed by atoms with Crippen molar-refractivity contribution < 1.29 is 14.3 Å². The molecule has 0 aromatic heterocycles. The van der Waals surface area contributed by atoms with Crippen molar-refractivity contribution in [2.75, 3.05) is 31.7 Å². The van der Waals surface area contributed by atoms with E-state index in [0.717, 1.165) is 5.69 Å². The van der Waals surface area contributed by atoms with E-state index in [9.17, 15) is 9.59 Å². The van der Waals surface area contributed by atoms with Gasteiger partial charge in [0, 0.05) is 37.5 Å². The molecule has 0 unspecified atom stereocenters. The lowest BCUT2D eigenvalue weighted by atomic mass is 10.0. The zero-order valence-corrected chi connectivity index (χ0v) is 16.8. The van der Waals surface area contributed by atoms with Gasteiger partial charge in [-0.25, -0.2) is 0 Å². The Hall–Kier alpha value is -2.63. The summed E-state index contributed by atoms with van der Waals surface area (Å²) in [5.74, 6) is -0.584. The minimum atomic E-state index is -0.294. The predicted molar refractivity (Wildman–Crippen MR) is 111 cm³/mol. The van der Waals surface area contributed by atoms with E-state index in [1.54, 1.807) is 36.2 Å². The van der Waals surface area contributed by atoms with Crippen LogP contribution in [-0.4, -0.2) is 43.5 Å². The fourth-order valence-electron chi connectivity index (χ4n) is 3.20. The number of para-hydroxylation sites is 1. The number of amides is 2. The SMILES string of the molecule is CCOCCCN1C(=O)C(c2ccc(Cl)cc2)=C(N(C)c2ccccc2)C1=O. The summed E-state index contributed by atoms with van der Waals surface area (Å²) in [5.41, 5.74) is 2.27. The molecule has 2 aromatic carbocycles. The van der Waals surface area contributed by atoms with Crippen LogP contribution in [0.25, 0.3) is 5.57 Å². The van der Waals surface area contributed by atoms with Crippen LogP contribution >= 0.6 is 11.6 Å². The van der Waals surface area contributed by atoms with E-state index in [1.165, 1.54) is 4.90 Å². The third kappa shape index (κ3) is 4.11. The van der Waals surface area contributed by atoms with Crippen molar-refractivity contribution in [1.29, 1.82) is 0 Å². The Kier molecular flexibility index (Phi) is 6.49. The normalized spacial score (nSPS) is 14.2. The van der Waals surface area contributed by atoms with Gasteiger partial charge in [0.1, 0.15) is 5.70 Å². The maximum atomic E-state index is 13.2. The third-order valence-corrected chi connectivity index (χ3v) is 4.88. The number of halogens is 1. The van der Waals surface area contributed by atoms with Crippen LogP contribution in [0.2, 0.25) is 5.02 Å². The van der Waals surface area contributed by atoms with Crippen LogP contribution in [0.5, 0.6) is 0 Å². The molecule has 146 valence electrons. The minimum absolute atomic E-state index is 0.290. The molecule has 28 heavy (non-hydrogen) atoms. The van der Waals surface area contributed by atoms with Crippen molar-refractivity contribution in [1.82, 2.24) is 4.90 Å². The number of hydrogen-bond acceptors (Lipinski definition) is 4. The van der Waals surface area contributed by atoms with Gasteiger partial charge in [-0.3, -0.25) is 14.5 Å². The zero-order chi connectivity index (χ0) is 20.1.